The van der Waals surface area contributed by atoms with E-state index in [2.05, 4.69) is 42.8 Å². The predicted octanol–water partition coefficient (Wildman–Crippen LogP) is 7.70. The second-order valence-corrected chi connectivity index (χ2v) is 8.73. The van der Waals surface area contributed by atoms with Gasteiger partial charge in [-0.1, -0.05) is 56.3 Å². The van der Waals surface area contributed by atoms with Crippen LogP contribution in [0.5, 0.6) is 5.75 Å². The monoisotopic (exact) mass is 466 g/mol. The Kier molecular flexibility index (Phi) is 6.51. The number of aromatic carboxylic acids is 1. The standard InChI is InChI=1S/C28H25F3O3/c1-17(2)18-6-8-20(9-7-18)26-24(19-10-13-23(14-11-19)34-28(29,30)31)5-3-4-21-16-22(27(32)33)12-15-25(21)26/h6-17H,3-5H2,1-2H3,(H,32,33). The molecule has 1 N–H and O–H groups in total. The fourth-order valence-electron chi connectivity index (χ4n) is 4.43. The second-order valence-electron chi connectivity index (χ2n) is 8.73. The molecule has 0 saturated heterocycles. The van der Waals surface area contributed by atoms with Crippen LogP contribution < -0.4 is 4.74 Å². The maximum Gasteiger partial charge on any atom is 0.573 e. The van der Waals surface area contributed by atoms with Crippen molar-refractivity contribution in [3.05, 3.63) is 100 Å². The first kappa shape index (κ1) is 23.6. The number of rotatable bonds is 5. The summed E-state index contributed by atoms with van der Waals surface area (Å²) in [7, 11) is 0. The van der Waals surface area contributed by atoms with Crippen LogP contribution in [0.2, 0.25) is 0 Å². The lowest BCUT2D eigenvalue weighted by atomic mass is 9.86. The molecule has 0 aromatic heterocycles. The molecular weight excluding hydrogens is 441 g/mol. The van der Waals surface area contributed by atoms with Gasteiger partial charge in [0.05, 0.1) is 5.56 Å². The normalized spacial score (nSPS) is 14.1. The molecule has 0 atom stereocenters. The molecule has 1 aliphatic carbocycles. The molecule has 3 aromatic rings. The van der Waals surface area contributed by atoms with Crippen molar-refractivity contribution in [1.82, 2.24) is 0 Å². The molecule has 34 heavy (non-hydrogen) atoms. The number of benzene rings is 3. The molecule has 0 amide bonds. The number of carbonyl (C=O) groups is 1. The van der Waals surface area contributed by atoms with Gasteiger partial charge in [0.2, 0.25) is 0 Å². The summed E-state index contributed by atoms with van der Waals surface area (Å²) in [6, 6.07) is 19.4. The minimum Gasteiger partial charge on any atom is -0.478 e. The zero-order valence-electron chi connectivity index (χ0n) is 18.9. The second kappa shape index (κ2) is 9.37. The number of halogens is 3. The van der Waals surface area contributed by atoms with E-state index in [4.69, 9.17) is 0 Å². The third-order valence-electron chi connectivity index (χ3n) is 6.10. The van der Waals surface area contributed by atoms with Crippen LogP contribution in [0.3, 0.4) is 0 Å². The zero-order chi connectivity index (χ0) is 24.5. The molecule has 3 nitrogen and oxygen atoms in total. The Morgan fingerprint density at radius 1 is 0.912 bits per heavy atom. The molecule has 4 rings (SSSR count). The van der Waals surface area contributed by atoms with Gasteiger partial charge in [0, 0.05) is 0 Å². The Morgan fingerprint density at radius 3 is 2.15 bits per heavy atom. The number of carboxylic acids is 1. The van der Waals surface area contributed by atoms with Crippen molar-refractivity contribution in [3.63, 3.8) is 0 Å². The minimum absolute atomic E-state index is 0.241. The Labute approximate surface area is 196 Å². The van der Waals surface area contributed by atoms with Crippen LogP contribution in [0.4, 0.5) is 13.2 Å². The van der Waals surface area contributed by atoms with Crippen molar-refractivity contribution in [2.24, 2.45) is 0 Å². The highest BCUT2D eigenvalue weighted by Crippen LogP contribution is 2.41. The lowest BCUT2D eigenvalue weighted by Gasteiger charge is -2.18. The fourth-order valence-corrected chi connectivity index (χ4v) is 4.43. The summed E-state index contributed by atoms with van der Waals surface area (Å²) in [6.45, 7) is 4.25. The molecule has 0 spiro atoms. The van der Waals surface area contributed by atoms with Crippen LogP contribution in [0.1, 0.15) is 70.8 Å². The summed E-state index contributed by atoms with van der Waals surface area (Å²) in [5.41, 5.74) is 7.14. The smallest absolute Gasteiger partial charge is 0.478 e. The predicted molar refractivity (Wildman–Crippen MR) is 126 cm³/mol. The van der Waals surface area contributed by atoms with Crippen molar-refractivity contribution in [2.75, 3.05) is 0 Å². The number of fused-ring (bicyclic) bond motifs is 1. The molecule has 176 valence electrons. The van der Waals surface area contributed by atoms with Crippen LogP contribution in [0, 0.1) is 0 Å². The molecule has 0 unspecified atom stereocenters. The van der Waals surface area contributed by atoms with Gasteiger partial charge in [0.1, 0.15) is 5.75 Å². The first-order valence-corrected chi connectivity index (χ1v) is 11.2. The number of carboxylic acid groups (broad SMARTS) is 1. The largest absolute Gasteiger partial charge is 0.573 e. The molecule has 0 fully saturated rings. The molecular formula is C28H25F3O3. The van der Waals surface area contributed by atoms with Gasteiger partial charge >= 0.3 is 12.3 Å². The minimum atomic E-state index is -4.74. The van der Waals surface area contributed by atoms with Crippen LogP contribution in [-0.4, -0.2) is 17.4 Å². The molecule has 6 heteroatoms. The van der Waals surface area contributed by atoms with E-state index in [0.29, 0.717) is 18.8 Å². The first-order valence-electron chi connectivity index (χ1n) is 11.2. The van der Waals surface area contributed by atoms with Crippen molar-refractivity contribution in [3.8, 4) is 5.75 Å². The van der Waals surface area contributed by atoms with E-state index in [9.17, 15) is 23.1 Å². The quantitative estimate of drug-likeness (QED) is 0.419. The van der Waals surface area contributed by atoms with E-state index < -0.39 is 12.3 Å². The lowest BCUT2D eigenvalue weighted by molar-refractivity contribution is -0.274. The number of hydrogen-bond donors (Lipinski definition) is 1. The van der Waals surface area contributed by atoms with Crippen molar-refractivity contribution >= 4 is 17.1 Å². The fraction of sp³-hybridized carbons (Fsp3) is 0.250. The molecule has 0 saturated carbocycles. The van der Waals surface area contributed by atoms with Crippen LogP contribution in [0.15, 0.2) is 66.7 Å². The maximum atomic E-state index is 12.6. The number of alkyl halides is 3. The molecule has 0 heterocycles. The van der Waals surface area contributed by atoms with E-state index in [-0.39, 0.29) is 11.3 Å². The van der Waals surface area contributed by atoms with Gasteiger partial charge in [-0.2, -0.15) is 0 Å². The highest BCUT2D eigenvalue weighted by Gasteiger charge is 2.31. The lowest BCUT2D eigenvalue weighted by Crippen LogP contribution is -2.17. The number of ether oxygens (including phenoxy) is 1. The van der Waals surface area contributed by atoms with Gasteiger partial charge in [-0.3, -0.25) is 0 Å². The number of hydrogen-bond acceptors (Lipinski definition) is 2. The highest BCUT2D eigenvalue weighted by atomic mass is 19.4. The average molecular weight is 466 g/mol. The Balaban J connectivity index is 1.88. The molecule has 0 aliphatic heterocycles. The van der Waals surface area contributed by atoms with Crippen molar-refractivity contribution < 1.29 is 27.8 Å². The van der Waals surface area contributed by atoms with Gasteiger partial charge in [-0.15, -0.1) is 13.2 Å². The van der Waals surface area contributed by atoms with E-state index >= 15 is 0 Å². The maximum absolute atomic E-state index is 12.6. The van der Waals surface area contributed by atoms with Crippen molar-refractivity contribution in [2.45, 2.75) is 45.4 Å². The van der Waals surface area contributed by atoms with E-state index in [1.807, 2.05) is 6.07 Å². The average Bonchev–Trinajstić information content (AvgIpc) is 2.97. The van der Waals surface area contributed by atoms with E-state index in [1.165, 1.54) is 17.7 Å². The Bertz CT molecular complexity index is 1220. The van der Waals surface area contributed by atoms with Gasteiger partial charge in [0.25, 0.3) is 0 Å². The summed E-state index contributed by atoms with van der Waals surface area (Å²) in [4.78, 5) is 11.5. The summed E-state index contributed by atoms with van der Waals surface area (Å²) in [6.07, 6.45) is -2.53. The summed E-state index contributed by atoms with van der Waals surface area (Å²) < 4.78 is 41.8. The summed E-state index contributed by atoms with van der Waals surface area (Å²) in [5.74, 6) is -0.859. The molecule has 3 aromatic carbocycles. The molecule has 0 bridgehead atoms. The van der Waals surface area contributed by atoms with Gasteiger partial charge in [0.15, 0.2) is 0 Å². The number of allylic oxidation sites excluding steroid dienone is 1. The SMILES string of the molecule is CC(C)c1ccc(C2=C(c3ccc(OC(F)(F)F)cc3)CCCc3cc(C(=O)O)ccc32)cc1. The highest BCUT2D eigenvalue weighted by molar-refractivity contribution is 6.00. The van der Waals surface area contributed by atoms with Crippen LogP contribution >= 0.6 is 0 Å². The third kappa shape index (κ3) is 5.16. The topological polar surface area (TPSA) is 46.5 Å². The Hall–Kier alpha value is -3.54. The van der Waals surface area contributed by atoms with Gasteiger partial charge in [-0.25, -0.2) is 4.79 Å². The number of aryl methyl sites for hydroxylation is 1. The van der Waals surface area contributed by atoms with E-state index in [1.54, 1.807) is 24.3 Å². The molecule has 1 aliphatic rings. The summed E-state index contributed by atoms with van der Waals surface area (Å²) >= 11 is 0. The molecule has 0 radical (unpaired) electrons. The van der Waals surface area contributed by atoms with Gasteiger partial charge in [-0.05, 0) is 88.4 Å². The van der Waals surface area contributed by atoms with Crippen molar-refractivity contribution in [1.29, 1.82) is 0 Å². The first-order chi connectivity index (χ1) is 16.1. The van der Waals surface area contributed by atoms with Gasteiger partial charge < -0.3 is 9.84 Å². The Morgan fingerprint density at radius 2 is 1.56 bits per heavy atom. The third-order valence-corrected chi connectivity index (χ3v) is 6.10. The summed E-state index contributed by atoms with van der Waals surface area (Å²) in [5, 5.41) is 9.45. The van der Waals surface area contributed by atoms with Crippen LogP contribution in [-0.2, 0) is 6.42 Å². The van der Waals surface area contributed by atoms with Crippen LogP contribution in [0.25, 0.3) is 11.1 Å². The zero-order valence-corrected chi connectivity index (χ0v) is 18.9. The van der Waals surface area contributed by atoms with E-state index in [0.717, 1.165) is 39.8 Å².